The van der Waals surface area contributed by atoms with Crippen LogP contribution in [0.4, 0.5) is 0 Å². The Morgan fingerprint density at radius 2 is 1.75 bits per heavy atom. The van der Waals surface area contributed by atoms with Gasteiger partial charge in [0.15, 0.2) is 0 Å². The van der Waals surface area contributed by atoms with E-state index in [-0.39, 0.29) is 5.75 Å². The molecular formula is C23H26N2O2S. The van der Waals surface area contributed by atoms with Crippen LogP contribution in [0.15, 0.2) is 66.9 Å². The largest absolute Gasteiger partial charge is 0.350 e. The lowest BCUT2D eigenvalue weighted by Gasteiger charge is -2.26. The molecule has 4 nitrogen and oxygen atoms in total. The molecule has 0 aliphatic carbocycles. The molecule has 0 spiro atoms. The maximum Gasteiger partial charge on any atom is 0.214 e. The van der Waals surface area contributed by atoms with Gasteiger partial charge < -0.3 is 4.57 Å². The van der Waals surface area contributed by atoms with Gasteiger partial charge in [0.25, 0.3) is 0 Å². The molecule has 0 bridgehead atoms. The molecule has 1 aliphatic heterocycles. The second kappa shape index (κ2) is 7.94. The van der Waals surface area contributed by atoms with E-state index in [4.69, 9.17) is 0 Å². The zero-order valence-electron chi connectivity index (χ0n) is 16.2. The first-order chi connectivity index (χ1) is 13.5. The summed E-state index contributed by atoms with van der Waals surface area (Å²) in [5.41, 5.74) is 4.86. The van der Waals surface area contributed by atoms with Crippen molar-refractivity contribution in [2.24, 2.45) is 7.05 Å². The molecule has 28 heavy (non-hydrogen) atoms. The molecule has 0 atom stereocenters. The van der Waals surface area contributed by atoms with E-state index in [1.807, 2.05) is 36.4 Å². The summed E-state index contributed by atoms with van der Waals surface area (Å²) in [5.74, 6) is 0.208. The van der Waals surface area contributed by atoms with E-state index in [1.54, 1.807) is 4.31 Å². The van der Waals surface area contributed by atoms with Crippen LogP contribution in [0.1, 0.15) is 24.0 Å². The highest BCUT2D eigenvalue weighted by molar-refractivity contribution is 7.89. The minimum Gasteiger partial charge on any atom is -0.350 e. The lowest BCUT2D eigenvalue weighted by Crippen LogP contribution is -2.36. The quantitative estimate of drug-likeness (QED) is 0.628. The summed E-state index contributed by atoms with van der Waals surface area (Å²) in [6, 6.07) is 18.4. The molecule has 2 aromatic carbocycles. The van der Waals surface area contributed by atoms with E-state index in [0.29, 0.717) is 19.5 Å². The molecule has 2 heterocycles. The second-order valence-corrected chi connectivity index (χ2v) is 9.50. The van der Waals surface area contributed by atoms with Gasteiger partial charge in [-0.15, -0.1) is 0 Å². The highest BCUT2D eigenvalue weighted by Gasteiger charge is 2.25. The van der Waals surface area contributed by atoms with E-state index in [2.05, 4.69) is 42.1 Å². The van der Waals surface area contributed by atoms with Gasteiger partial charge in [-0.05, 0) is 36.5 Å². The Bertz CT molecular complexity index is 1100. The Kier molecular flexibility index (Phi) is 5.38. The van der Waals surface area contributed by atoms with Crippen molar-refractivity contribution >= 4 is 26.5 Å². The smallest absolute Gasteiger partial charge is 0.214 e. The Hall–Kier alpha value is -2.37. The van der Waals surface area contributed by atoms with Gasteiger partial charge in [0, 0.05) is 42.8 Å². The van der Waals surface area contributed by atoms with Crippen LogP contribution in [0.2, 0.25) is 0 Å². The van der Waals surface area contributed by atoms with Gasteiger partial charge in [0.1, 0.15) is 0 Å². The van der Waals surface area contributed by atoms with Crippen LogP contribution < -0.4 is 0 Å². The number of sulfonamides is 1. The van der Waals surface area contributed by atoms with Crippen molar-refractivity contribution in [2.45, 2.75) is 19.3 Å². The number of fused-ring (bicyclic) bond motifs is 1. The van der Waals surface area contributed by atoms with Crippen LogP contribution >= 0.6 is 0 Å². The summed E-state index contributed by atoms with van der Waals surface area (Å²) in [6.07, 6.45) is 6.44. The normalized spacial score (nSPS) is 15.7. The van der Waals surface area contributed by atoms with Gasteiger partial charge >= 0.3 is 0 Å². The number of rotatable bonds is 6. The molecule has 146 valence electrons. The van der Waals surface area contributed by atoms with Crippen molar-refractivity contribution in [3.8, 4) is 0 Å². The molecule has 1 aromatic heterocycles. The molecule has 0 saturated heterocycles. The zero-order chi connectivity index (χ0) is 19.6. The fourth-order valence-electron chi connectivity index (χ4n) is 3.98. The summed E-state index contributed by atoms with van der Waals surface area (Å²) >= 11 is 0. The molecule has 0 saturated carbocycles. The van der Waals surface area contributed by atoms with Crippen LogP contribution in [0.5, 0.6) is 0 Å². The average molecular weight is 395 g/mol. The maximum absolute atomic E-state index is 12.7. The van der Waals surface area contributed by atoms with Crippen molar-refractivity contribution in [2.75, 3.05) is 18.8 Å². The van der Waals surface area contributed by atoms with E-state index in [0.717, 1.165) is 12.8 Å². The zero-order valence-corrected chi connectivity index (χ0v) is 17.0. The fraction of sp³-hybridized carbons (Fsp3) is 0.304. The second-order valence-electron chi connectivity index (χ2n) is 7.41. The average Bonchev–Trinajstić information content (AvgIpc) is 3.06. The van der Waals surface area contributed by atoms with E-state index in [9.17, 15) is 8.42 Å². The topological polar surface area (TPSA) is 42.3 Å². The minimum absolute atomic E-state index is 0.208. The van der Waals surface area contributed by atoms with Crippen molar-refractivity contribution < 1.29 is 8.42 Å². The summed E-state index contributed by atoms with van der Waals surface area (Å²) in [4.78, 5) is 0. The van der Waals surface area contributed by atoms with E-state index in [1.165, 1.54) is 27.6 Å². The number of nitrogens with zero attached hydrogens (tertiary/aromatic N) is 2. The van der Waals surface area contributed by atoms with Crippen molar-refractivity contribution in [1.29, 1.82) is 0 Å². The van der Waals surface area contributed by atoms with Crippen molar-refractivity contribution in [3.63, 3.8) is 0 Å². The van der Waals surface area contributed by atoms with Crippen LogP contribution in [0.25, 0.3) is 16.5 Å². The third kappa shape index (κ3) is 3.91. The van der Waals surface area contributed by atoms with Crippen LogP contribution in [0.3, 0.4) is 0 Å². The highest BCUT2D eigenvalue weighted by Crippen LogP contribution is 2.31. The lowest BCUT2D eigenvalue weighted by atomic mass is 10.00. The van der Waals surface area contributed by atoms with Gasteiger partial charge in [0.05, 0.1) is 5.75 Å². The molecule has 4 rings (SSSR count). The first-order valence-corrected chi connectivity index (χ1v) is 11.4. The van der Waals surface area contributed by atoms with Crippen LogP contribution in [-0.4, -0.2) is 36.1 Å². The van der Waals surface area contributed by atoms with Crippen molar-refractivity contribution in [3.05, 3.63) is 78.0 Å². The SMILES string of the molecule is Cn1cc(C2=CCN(S(=O)(=O)CCCc3ccccc3)CC2)c2ccccc21. The molecule has 0 amide bonds. The summed E-state index contributed by atoms with van der Waals surface area (Å²) in [6.45, 7) is 1.02. The van der Waals surface area contributed by atoms with Crippen LogP contribution in [-0.2, 0) is 23.5 Å². The van der Waals surface area contributed by atoms with E-state index < -0.39 is 10.0 Å². The first kappa shape index (κ1) is 19.0. The molecule has 0 N–H and O–H groups in total. The van der Waals surface area contributed by atoms with Gasteiger partial charge in [-0.25, -0.2) is 8.42 Å². The molecule has 0 fully saturated rings. The fourth-order valence-corrected chi connectivity index (χ4v) is 5.42. The van der Waals surface area contributed by atoms with Gasteiger partial charge in [0.2, 0.25) is 10.0 Å². The number of hydrogen-bond acceptors (Lipinski definition) is 2. The molecule has 0 radical (unpaired) electrons. The highest BCUT2D eigenvalue weighted by atomic mass is 32.2. The summed E-state index contributed by atoms with van der Waals surface area (Å²) < 4.78 is 29.2. The van der Waals surface area contributed by atoms with Gasteiger partial charge in [-0.1, -0.05) is 54.6 Å². The lowest BCUT2D eigenvalue weighted by molar-refractivity contribution is 0.440. The summed E-state index contributed by atoms with van der Waals surface area (Å²) in [7, 11) is -1.16. The third-order valence-corrected chi connectivity index (χ3v) is 7.44. The summed E-state index contributed by atoms with van der Waals surface area (Å²) in [5, 5.41) is 1.23. The van der Waals surface area contributed by atoms with Gasteiger partial charge in [-0.2, -0.15) is 4.31 Å². The number of benzene rings is 2. The van der Waals surface area contributed by atoms with Gasteiger partial charge in [-0.3, -0.25) is 0 Å². The Morgan fingerprint density at radius 3 is 2.50 bits per heavy atom. The monoisotopic (exact) mass is 394 g/mol. The van der Waals surface area contributed by atoms with Crippen molar-refractivity contribution in [1.82, 2.24) is 8.87 Å². The predicted molar refractivity (Wildman–Crippen MR) is 116 cm³/mol. The molecule has 0 unspecified atom stereocenters. The Morgan fingerprint density at radius 1 is 1.00 bits per heavy atom. The third-order valence-electron chi connectivity index (χ3n) is 5.52. The number of aryl methyl sites for hydroxylation is 2. The molecule has 3 aromatic rings. The molecule has 1 aliphatic rings. The minimum atomic E-state index is -3.21. The number of hydrogen-bond donors (Lipinski definition) is 0. The predicted octanol–water partition coefficient (Wildman–Crippen LogP) is 4.23. The van der Waals surface area contributed by atoms with Crippen LogP contribution in [0, 0.1) is 0 Å². The standard InChI is InChI=1S/C23H26N2O2S/c1-24-18-22(21-11-5-6-12-23(21)24)20-13-15-25(16-14-20)28(26,27)17-7-10-19-8-3-2-4-9-19/h2-6,8-9,11-13,18H,7,10,14-17H2,1H3. The van der Waals surface area contributed by atoms with E-state index >= 15 is 0 Å². The Balaban J connectivity index is 1.42. The molecular weight excluding hydrogens is 368 g/mol. The number of aromatic nitrogens is 1. The first-order valence-electron chi connectivity index (χ1n) is 9.80. The Labute approximate surface area is 167 Å². The maximum atomic E-state index is 12.7. The molecule has 5 heteroatoms. The number of para-hydroxylation sites is 1.